The zero-order chi connectivity index (χ0) is 14.2. The van der Waals surface area contributed by atoms with E-state index in [9.17, 15) is 0 Å². The lowest BCUT2D eigenvalue weighted by Crippen LogP contribution is -2.41. The van der Waals surface area contributed by atoms with Crippen LogP contribution in [0.5, 0.6) is 0 Å². The van der Waals surface area contributed by atoms with E-state index in [0.29, 0.717) is 12.0 Å². The highest BCUT2D eigenvalue weighted by molar-refractivity contribution is 5.66. The highest BCUT2D eigenvalue weighted by atomic mass is 14.9. The van der Waals surface area contributed by atoms with E-state index < -0.39 is 0 Å². The quantitative estimate of drug-likeness (QED) is 0.627. The first-order valence-corrected chi connectivity index (χ1v) is 8.17. The Balaban J connectivity index is 1.71. The summed E-state index contributed by atoms with van der Waals surface area (Å²) >= 11 is 0. The summed E-state index contributed by atoms with van der Waals surface area (Å²) in [5, 5.41) is 9.58. The van der Waals surface area contributed by atoms with Crippen LogP contribution in [0.25, 0.3) is 11.8 Å². The number of aromatic amines is 1. The normalized spacial score (nSPS) is 23.7. The van der Waals surface area contributed by atoms with Gasteiger partial charge in [-0.1, -0.05) is 0 Å². The molecule has 4 heteroatoms. The molecule has 2 fully saturated rings. The van der Waals surface area contributed by atoms with Crippen molar-refractivity contribution in [2.75, 3.05) is 6.54 Å². The Morgan fingerprint density at radius 1 is 1.33 bits per heavy atom. The van der Waals surface area contributed by atoms with Gasteiger partial charge >= 0.3 is 0 Å². The van der Waals surface area contributed by atoms with Crippen LogP contribution >= 0.6 is 0 Å². The minimum atomic E-state index is 0.140. The average Bonchev–Trinajstić information content (AvgIpc) is 3.18. The van der Waals surface area contributed by atoms with Gasteiger partial charge in [-0.2, -0.15) is 0 Å². The molecule has 0 aromatic carbocycles. The van der Waals surface area contributed by atoms with Gasteiger partial charge in [0.1, 0.15) is 0 Å². The van der Waals surface area contributed by atoms with Gasteiger partial charge in [0.05, 0.1) is 5.70 Å². The summed E-state index contributed by atoms with van der Waals surface area (Å²) in [4.78, 5) is 3.31. The SMILES string of the molecule is NC(/C(=C\NC1CCC1)C1=c2cc[nH]c2=CCN1)C1CC1. The maximum atomic E-state index is 6.54. The number of hydrogen-bond acceptors (Lipinski definition) is 3. The molecule has 112 valence electrons. The lowest BCUT2D eigenvalue weighted by molar-refractivity contribution is 0.372. The number of rotatable bonds is 5. The van der Waals surface area contributed by atoms with Gasteiger partial charge in [-0.15, -0.1) is 0 Å². The maximum absolute atomic E-state index is 6.54. The van der Waals surface area contributed by atoms with E-state index >= 15 is 0 Å². The highest BCUT2D eigenvalue weighted by Crippen LogP contribution is 2.36. The van der Waals surface area contributed by atoms with E-state index in [4.69, 9.17) is 5.73 Å². The van der Waals surface area contributed by atoms with Gasteiger partial charge in [0.25, 0.3) is 0 Å². The molecule has 1 unspecified atom stereocenters. The number of fused-ring (bicyclic) bond motifs is 1. The average molecular weight is 284 g/mol. The molecule has 2 aliphatic carbocycles. The zero-order valence-electron chi connectivity index (χ0n) is 12.4. The molecular weight excluding hydrogens is 260 g/mol. The van der Waals surface area contributed by atoms with Gasteiger partial charge in [-0.25, -0.2) is 0 Å². The first-order chi connectivity index (χ1) is 10.3. The van der Waals surface area contributed by atoms with E-state index in [0.717, 1.165) is 6.54 Å². The summed E-state index contributed by atoms with van der Waals surface area (Å²) < 4.78 is 0. The van der Waals surface area contributed by atoms with Crippen molar-refractivity contribution in [3.8, 4) is 0 Å². The third kappa shape index (κ3) is 2.48. The Morgan fingerprint density at radius 3 is 2.90 bits per heavy atom. The Labute approximate surface area is 125 Å². The molecule has 1 aromatic heterocycles. The smallest absolute Gasteiger partial charge is 0.0500 e. The molecule has 0 bridgehead atoms. The lowest BCUT2D eigenvalue weighted by Gasteiger charge is -2.28. The van der Waals surface area contributed by atoms with Gasteiger partial charge in [-0.3, -0.25) is 0 Å². The number of H-pyrrole nitrogens is 1. The van der Waals surface area contributed by atoms with Crippen LogP contribution in [0.2, 0.25) is 0 Å². The van der Waals surface area contributed by atoms with E-state index in [-0.39, 0.29) is 6.04 Å². The van der Waals surface area contributed by atoms with Crippen molar-refractivity contribution in [3.05, 3.63) is 34.6 Å². The van der Waals surface area contributed by atoms with Gasteiger partial charge in [-0.05, 0) is 50.2 Å². The Bertz CT molecular complexity index is 661. The van der Waals surface area contributed by atoms with Gasteiger partial charge in [0.15, 0.2) is 0 Å². The summed E-state index contributed by atoms with van der Waals surface area (Å²) in [5.41, 5.74) is 8.99. The first kappa shape index (κ1) is 13.0. The van der Waals surface area contributed by atoms with Crippen molar-refractivity contribution in [3.63, 3.8) is 0 Å². The molecule has 4 rings (SSSR count). The van der Waals surface area contributed by atoms with Crippen LogP contribution in [-0.4, -0.2) is 23.6 Å². The van der Waals surface area contributed by atoms with Gasteiger partial charge < -0.3 is 21.4 Å². The van der Waals surface area contributed by atoms with E-state index in [2.05, 4.69) is 34.0 Å². The molecule has 3 aliphatic rings. The molecule has 4 nitrogen and oxygen atoms in total. The second-order valence-corrected chi connectivity index (χ2v) is 6.52. The monoisotopic (exact) mass is 284 g/mol. The fourth-order valence-corrected chi connectivity index (χ4v) is 3.20. The van der Waals surface area contributed by atoms with Crippen LogP contribution in [0, 0.1) is 5.92 Å². The fraction of sp³-hybridized carbons (Fsp3) is 0.529. The van der Waals surface area contributed by atoms with E-state index in [1.54, 1.807) is 0 Å². The van der Waals surface area contributed by atoms with Crippen molar-refractivity contribution in [1.29, 1.82) is 0 Å². The molecule has 5 N–H and O–H groups in total. The van der Waals surface area contributed by atoms with Crippen LogP contribution in [-0.2, 0) is 0 Å². The van der Waals surface area contributed by atoms with Crippen molar-refractivity contribution >= 4 is 11.8 Å². The topological polar surface area (TPSA) is 65.9 Å². The van der Waals surface area contributed by atoms with Crippen molar-refractivity contribution < 1.29 is 0 Å². The molecule has 21 heavy (non-hydrogen) atoms. The number of nitrogens with one attached hydrogen (secondary N) is 3. The lowest BCUT2D eigenvalue weighted by atomic mass is 9.92. The predicted molar refractivity (Wildman–Crippen MR) is 85.5 cm³/mol. The molecule has 2 saturated carbocycles. The fourth-order valence-electron chi connectivity index (χ4n) is 3.20. The molecule has 1 aromatic rings. The standard InChI is InChI=1S/C17H24N4/c18-16(11-4-5-11)14(10-21-12-2-1-3-12)17-13-6-8-19-15(13)7-9-20-17/h6-8,10-12,16,19-21H,1-5,9,18H2/b14-10+. The zero-order valence-corrected chi connectivity index (χ0v) is 12.4. The van der Waals surface area contributed by atoms with Crippen LogP contribution in [0.1, 0.15) is 32.1 Å². The third-order valence-corrected chi connectivity index (χ3v) is 4.99. The Hall–Kier alpha value is -1.68. The number of nitrogens with two attached hydrogens (primary N) is 1. The number of hydrogen-bond donors (Lipinski definition) is 4. The molecule has 0 amide bonds. The predicted octanol–water partition coefficient (Wildman–Crippen LogP) is 0.270. The van der Waals surface area contributed by atoms with Crippen LogP contribution in [0.3, 0.4) is 0 Å². The van der Waals surface area contributed by atoms with Crippen molar-refractivity contribution in [1.82, 2.24) is 15.6 Å². The number of aromatic nitrogens is 1. The Kier molecular flexibility index (Phi) is 3.26. The van der Waals surface area contributed by atoms with Crippen LogP contribution < -0.4 is 26.9 Å². The molecule has 0 spiro atoms. The minimum Gasteiger partial charge on any atom is -0.388 e. The van der Waals surface area contributed by atoms with Crippen LogP contribution in [0.15, 0.2) is 24.0 Å². The summed E-state index contributed by atoms with van der Waals surface area (Å²) in [6, 6.07) is 2.93. The molecule has 2 heterocycles. The summed E-state index contributed by atoms with van der Waals surface area (Å²) in [6.45, 7) is 0.862. The van der Waals surface area contributed by atoms with E-state index in [1.807, 2.05) is 6.20 Å². The molecule has 0 saturated heterocycles. The van der Waals surface area contributed by atoms with E-state index in [1.165, 1.54) is 53.9 Å². The van der Waals surface area contributed by atoms with Crippen LogP contribution in [0.4, 0.5) is 0 Å². The highest BCUT2D eigenvalue weighted by Gasteiger charge is 2.33. The minimum absolute atomic E-state index is 0.140. The summed E-state index contributed by atoms with van der Waals surface area (Å²) in [5.74, 6) is 0.655. The largest absolute Gasteiger partial charge is 0.388 e. The van der Waals surface area contributed by atoms with Gasteiger partial charge in [0, 0.05) is 47.2 Å². The second kappa shape index (κ2) is 5.26. The van der Waals surface area contributed by atoms with Crippen molar-refractivity contribution in [2.45, 2.75) is 44.2 Å². The first-order valence-electron chi connectivity index (χ1n) is 8.17. The molecular formula is C17H24N4. The Morgan fingerprint density at radius 2 is 2.19 bits per heavy atom. The van der Waals surface area contributed by atoms with Gasteiger partial charge in [0.2, 0.25) is 0 Å². The molecule has 0 radical (unpaired) electrons. The van der Waals surface area contributed by atoms with Crippen molar-refractivity contribution in [2.24, 2.45) is 11.7 Å². The second-order valence-electron chi connectivity index (χ2n) is 6.52. The third-order valence-electron chi connectivity index (χ3n) is 4.99. The summed E-state index contributed by atoms with van der Waals surface area (Å²) in [7, 11) is 0. The summed E-state index contributed by atoms with van der Waals surface area (Å²) in [6.07, 6.45) is 12.8. The maximum Gasteiger partial charge on any atom is 0.0500 e. The molecule has 1 aliphatic heterocycles. The molecule has 1 atom stereocenters.